The van der Waals surface area contributed by atoms with Crippen LogP contribution in [0.5, 0.6) is 5.75 Å². The van der Waals surface area contributed by atoms with E-state index >= 15 is 0 Å². The summed E-state index contributed by atoms with van der Waals surface area (Å²) in [5, 5.41) is 9.34. The maximum Gasteiger partial charge on any atom is 0.328 e. The quantitative estimate of drug-likeness (QED) is 0.458. The number of rotatable bonds is 3. The van der Waals surface area contributed by atoms with E-state index in [1.165, 1.54) is 31.1 Å². The van der Waals surface area contributed by atoms with Crippen LogP contribution in [-0.2, 0) is 25.5 Å². The minimum atomic E-state index is -0.993. The van der Waals surface area contributed by atoms with Crippen molar-refractivity contribution >= 4 is 17.9 Å². The van der Waals surface area contributed by atoms with Crippen LogP contribution >= 0.6 is 0 Å². The third kappa shape index (κ3) is 3.53. The van der Waals surface area contributed by atoms with Gasteiger partial charge in [-0.05, 0) is 78.7 Å². The van der Waals surface area contributed by atoms with Crippen molar-refractivity contribution in [3.05, 3.63) is 41.0 Å². The highest BCUT2D eigenvalue weighted by Gasteiger charge is 2.58. The van der Waals surface area contributed by atoms with Crippen LogP contribution in [0.3, 0.4) is 0 Å². The second-order valence-corrected chi connectivity index (χ2v) is 9.17. The molecule has 0 aliphatic heterocycles. The number of benzene rings is 1. The van der Waals surface area contributed by atoms with E-state index in [1.54, 1.807) is 0 Å². The normalized spacial score (nSPS) is 33.2. The van der Waals surface area contributed by atoms with E-state index in [2.05, 4.69) is 13.0 Å². The lowest BCUT2D eigenvalue weighted by molar-refractivity contribution is -0.152. The van der Waals surface area contributed by atoms with Crippen molar-refractivity contribution in [2.45, 2.75) is 64.9 Å². The van der Waals surface area contributed by atoms with Gasteiger partial charge in [0.1, 0.15) is 11.9 Å². The summed E-state index contributed by atoms with van der Waals surface area (Å²) < 4.78 is 10.9. The smallest absolute Gasteiger partial charge is 0.328 e. The maximum absolute atomic E-state index is 11.8. The van der Waals surface area contributed by atoms with Crippen molar-refractivity contribution in [3.8, 4) is 5.75 Å². The molecule has 0 heterocycles. The van der Waals surface area contributed by atoms with E-state index in [0.29, 0.717) is 24.0 Å². The molecule has 1 aromatic rings. The second-order valence-electron chi connectivity index (χ2n) is 9.17. The number of ether oxygens (including phenoxy) is 2. The predicted molar refractivity (Wildman–Crippen MR) is 109 cm³/mol. The number of carbonyl (C=O) groups excluding carboxylic acids is 2. The summed E-state index contributed by atoms with van der Waals surface area (Å²) >= 11 is 0. The van der Waals surface area contributed by atoms with Crippen LogP contribution in [-0.4, -0.2) is 29.1 Å². The molecule has 30 heavy (non-hydrogen) atoms. The Balaban J connectivity index is 1.66. The molecule has 1 N–H and O–H groups in total. The number of hydrogen-bond donors (Lipinski definition) is 1. The Morgan fingerprint density at radius 2 is 1.93 bits per heavy atom. The molecule has 4 rings (SSSR count). The zero-order valence-electron chi connectivity index (χ0n) is 17.6. The highest BCUT2D eigenvalue weighted by atomic mass is 16.5. The van der Waals surface area contributed by atoms with Crippen LogP contribution in [0, 0.1) is 17.3 Å². The van der Waals surface area contributed by atoms with Gasteiger partial charge >= 0.3 is 17.9 Å². The van der Waals surface area contributed by atoms with Gasteiger partial charge < -0.3 is 14.6 Å². The first-order valence-corrected chi connectivity index (χ1v) is 10.6. The molecule has 5 atom stereocenters. The Morgan fingerprint density at radius 1 is 1.17 bits per heavy atom. The lowest BCUT2D eigenvalue weighted by atomic mass is 9.55. The van der Waals surface area contributed by atoms with Crippen LogP contribution < -0.4 is 4.74 Å². The van der Waals surface area contributed by atoms with Gasteiger partial charge in [-0.15, -0.1) is 0 Å². The van der Waals surface area contributed by atoms with Crippen molar-refractivity contribution < 1.29 is 29.0 Å². The van der Waals surface area contributed by atoms with Gasteiger partial charge in [-0.3, -0.25) is 9.59 Å². The van der Waals surface area contributed by atoms with Gasteiger partial charge in [0.15, 0.2) is 0 Å². The molecule has 2 saturated carbocycles. The minimum Gasteiger partial charge on any atom is -0.478 e. The molecule has 0 bridgehead atoms. The van der Waals surface area contributed by atoms with Gasteiger partial charge in [-0.1, -0.05) is 13.0 Å². The molecule has 6 nitrogen and oxygen atoms in total. The summed E-state index contributed by atoms with van der Waals surface area (Å²) in [5.41, 5.74) is 3.02. The molecule has 3 aliphatic carbocycles. The van der Waals surface area contributed by atoms with Crippen LogP contribution in [0.15, 0.2) is 29.8 Å². The maximum atomic E-state index is 11.8. The highest BCUT2D eigenvalue weighted by molar-refractivity contribution is 5.81. The summed E-state index contributed by atoms with van der Waals surface area (Å²) in [7, 11) is 0. The SMILES string of the molecule is CC(=O)Oc1ccc2c(c1)CCC1C2CCC2(C)C(OC(C)=O)C(=CC(=O)O)CC12. The number of fused-ring (bicyclic) bond motifs is 5. The number of hydrogen-bond acceptors (Lipinski definition) is 5. The van der Waals surface area contributed by atoms with E-state index in [0.717, 1.165) is 31.3 Å². The van der Waals surface area contributed by atoms with Gasteiger partial charge in [0, 0.05) is 25.3 Å². The summed E-state index contributed by atoms with van der Waals surface area (Å²) in [6.45, 7) is 4.95. The first-order valence-electron chi connectivity index (χ1n) is 10.6. The molecule has 0 spiro atoms. The van der Waals surface area contributed by atoms with Crippen molar-refractivity contribution in [1.82, 2.24) is 0 Å². The minimum absolute atomic E-state index is 0.247. The van der Waals surface area contributed by atoms with Gasteiger partial charge in [0.2, 0.25) is 0 Å². The standard InChI is InChI=1S/C24H28O6/c1-13(25)29-17-5-7-18-15(10-17)4-6-20-19(18)8-9-24(3)21(20)11-16(12-22(27)28)23(24)30-14(2)26/h5,7,10,12,19-21,23H,4,6,8-9,11H2,1-3H3,(H,27,28). The third-order valence-corrected chi connectivity index (χ3v) is 7.38. The number of aryl methyl sites for hydroxylation is 1. The largest absolute Gasteiger partial charge is 0.478 e. The zero-order valence-corrected chi connectivity index (χ0v) is 17.6. The molecule has 0 aromatic heterocycles. The molecule has 6 heteroatoms. The summed E-state index contributed by atoms with van der Waals surface area (Å²) in [6.07, 6.45) is 5.17. The van der Waals surface area contributed by atoms with Gasteiger partial charge in [-0.25, -0.2) is 4.79 Å². The van der Waals surface area contributed by atoms with E-state index in [4.69, 9.17) is 9.47 Å². The van der Waals surface area contributed by atoms with Crippen LogP contribution in [0.1, 0.15) is 63.5 Å². The van der Waals surface area contributed by atoms with Crippen molar-refractivity contribution in [2.75, 3.05) is 0 Å². The predicted octanol–water partition coefficient (Wildman–Crippen LogP) is 4.02. The Kier molecular flexibility index (Phi) is 5.20. The first kappa shape index (κ1) is 20.6. The monoisotopic (exact) mass is 412 g/mol. The average molecular weight is 412 g/mol. The fraction of sp³-hybridized carbons (Fsp3) is 0.542. The first-order chi connectivity index (χ1) is 14.2. The highest BCUT2D eigenvalue weighted by Crippen LogP contribution is 2.63. The summed E-state index contributed by atoms with van der Waals surface area (Å²) in [5.74, 6) is -0.0262. The van der Waals surface area contributed by atoms with Gasteiger partial charge in [0.25, 0.3) is 0 Å². The topological polar surface area (TPSA) is 89.9 Å². The molecule has 5 unspecified atom stereocenters. The fourth-order valence-corrected chi connectivity index (χ4v) is 6.30. The Hall–Kier alpha value is -2.63. The van der Waals surface area contributed by atoms with E-state index < -0.39 is 12.1 Å². The zero-order chi connectivity index (χ0) is 21.6. The number of esters is 2. The molecule has 0 saturated heterocycles. The van der Waals surface area contributed by atoms with E-state index in [-0.39, 0.29) is 23.3 Å². The molecule has 0 radical (unpaired) electrons. The average Bonchev–Trinajstić information content (AvgIpc) is 2.92. The number of carbonyl (C=O) groups is 3. The number of aliphatic carboxylic acids is 1. The second kappa shape index (κ2) is 7.56. The molecule has 0 amide bonds. The van der Waals surface area contributed by atoms with Crippen molar-refractivity contribution in [1.29, 1.82) is 0 Å². The van der Waals surface area contributed by atoms with Crippen molar-refractivity contribution in [2.24, 2.45) is 17.3 Å². The molecular weight excluding hydrogens is 384 g/mol. The molecule has 3 aliphatic rings. The summed E-state index contributed by atoms with van der Waals surface area (Å²) in [6, 6.07) is 5.93. The van der Waals surface area contributed by atoms with Crippen LogP contribution in [0.4, 0.5) is 0 Å². The molecular formula is C24H28O6. The van der Waals surface area contributed by atoms with Gasteiger partial charge in [0.05, 0.1) is 0 Å². The van der Waals surface area contributed by atoms with Gasteiger partial charge in [-0.2, -0.15) is 0 Å². The number of carboxylic acid groups (broad SMARTS) is 1. The Labute approximate surface area is 176 Å². The summed E-state index contributed by atoms with van der Waals surface area (Å²) in [4.78, 5) is 34.4. The van der Waals surface area contributed by atoms with Crippen LogP contribution in [0.25, 0.3) is 0 Å². The fourth-order valence-electron chi connectivity index (χ4n) is 6.30. The number of carboxylic acids is 1. The lowest BCUT2D eigenvalue weighted by Gasteiger charge is -2.50. The van der Waals surface area contributed by atoms with Crippen LogP contribution in [0.2, 0.25) is 0 Å². The third-order valence-electron chi connectivity index (χ3n) is 7.38. The lowest BCUT2D eigenvalue weighted by Crippen LogP contribution is -2.45. The molecule has 2 fully saturated rings. The van der Waals surface area contributed by atoms with E-state index in [1.807, 2.05) is 12.1 Å². The van der Waals surface area contributed by atoms with E-state index in [9.17, 15) is 19.5 Å². The Morgan fingerprint density at radius 3 is 2.60 bits per heavy atom. The molecule has 1 aromatic carbocycles. The van der Waals surface area contributed by atoms with Crippen molar-refractivity contribution in [3.63, 3.8) is 0 Å². The molecule has 160 valence electrons. The Bertz CT molecular complexity index is 932.